The average Bonchev–Trinajstić information content (AvgIpc) is 3.28. The zero-order valence-corrected chi connectivity index (χ0v) is 19.0. The third kappa shape index (κ3) is 4.37. The zero-order valence-electron chi connectivity index (χ0n) is 17.4. The van der Waals surface area contributed by atoms with E-state index in [1.54, 1.807) is 16.9 Å². The Bertz CT molecular complexity index is 997. The number of rotatable bonds is 6. The molecule has 1 aromatic heterocycles. The maximum Gasteiger partial charge on any atom is 0.325 e. The highest BCUT2D eigenvalue weighted by Crippen LogP contribution is 2.37. The quantitative estimate of drug-likeness (QED) is 0.609. The van der Waals surface area contributed by atoms with Gasteiger partial charge < -0.3 is 10.6 Å². The minimum atomic E-state index is -0.843. The highest BCUT2D eigenvalue weighted by Gasteiger charge is 2.52. The van der Waals surface area contributed by atoms with Crippen molar-refractivity contribution in [1.29, 1.82) is 0 Å². The maximum atomic E-state index is 13.0. The summed E-state index contributed by atoms with van der Waals surface area (Å²) in [6.07, 6.45) is 5.77. The third-order valence-corrected chi connectivity index (χ3v) is 7.12. The summed E-state index contributed by atoms with van der Waals surface area (Å²) in [5, 5.41) is 9.91. The molecule has 2 N–H and O–H groups in total. The number of benzene rings is 1. The normalized spacial score (nSPS) is 23.3. The second-order valence-electron chi connectivity index (χ2n) is 8.27. The van der Waals surface area contributed by atoms with Crippen LogP contribution in [0.2, 0.25) is 0 Å². The first-order valence-corrected chi connectivity index (χ1v) is 11.4. The van der Waals surface area contributed by atoms with Crippen molar-refractivity contribution in [1.82, 2.24) is 20.0 Å². The molecule has 0 bridgehead atoms. The molecule has 1 aliphatic carbocycles. The molecule has 2 aromatic rings. The van der Waals surface area contributed by atoms with Crippen molar-refractivity contribution < 1.29 is 14.4 Å². The molecule has 2 fully saturated rings. The van der Waals surface area contributed by atoms with Crippen LogP contribution in [0.1, 0.15) is 44.6 Å². The molecule has 9 heteroatoms. The van der Waals surface area contributed by atoms with Crippen molar-refractivity contribution in [3.05, 3.63) is 46.6 Å². The summed E-state index contributed by atoms with van der Waals surface area (Å²) in [7, 11) is 0. The van der Waals surface area contributed by atoms with Crippen LogP contribution in [0.3, 0.4) is 0 Å². The van der Waals surface area contributed by atoms with Crippen LogP contribution in [0, 0.1) is 5.92 Å². The van der Waals surface area contributed by atoms with Crippen molar-refractivity contribution in [3.8, 4) is 0 Å². The lowest BCUT2D eigenvalue weighted by molar-refractivity contribution is -0.135. The number of nitrogens with zero attached hydrogens (tertiary/aromatic N) is 3. The van der Waals surface area contributed by atoms with Crippen molar-refractivity contribution in [3.63, 3.8) is 0 Å². The second-order valence-corrected chi connectivity index (χ2v) is 9.12. The van der Waals surface area contributed by atoms with Crippen molar-refractivity contribution in [2.45, 2.75) is 51.1 Å². The lowest BCUT2D eigenvalue weighted by Gasteiger charge is -2.34. The Labute approximate surface area is 189 Å². The molecule has 8 nitrogen and oxygen atoms in total. The van der Waals surface area contributed by atoms with Gasteiger partial charge in [0.15, 0.2) is 0 Å². The first kappa shape index (κ1) is 21.5. The van der Waals surface area contributed by atoms with Crippen LogP contribution in [0.25, 0.3) is 0 Å². The fraction of sp³-hybridized carbons (Fsp3) is 0.455. The fourth-order valence-electron chi connectivity index (χ4n) is 4.42. The number of carbonyl (C=O) groups excluding carboxylic acids is 3. The number of urea groups is 1. The van der Waals surface area contributed by atoms with E-state index >= 15 is 0 Å². The van der Waals surface area contributed by atoms with E-state index in [4.69, 9.17) is 0 Å². The van der Waals surface area contributed by atoms with Gasteiger partial charge in [-0.1, -0.05) is 47.5 Å². The molecule has 1 saturated carbocycles. The Morgan fingerprint density at radius 3 is 2.71 bits per heavy atom. The van der Waals surface area contributed by atoms with Crippen LogP contribution in [-0.4, -0.2) is 44.6 Å². The summed E-state index contributed by atoms with van der Waals surface area (Å²) in [6.45, 7) is 2.30. The minimum absolute atomic E-state index is 0.288. The van der Waals surface area contributed by atoms with E-state index in [1.165, 1.54) is 0 Å². The Morgan fingerprint density at radius 2 is 2.00 bits per heavy atom. The van der Waals surface area contributed by atoms with E-state index in [1.807, 2.05) is 24.3 Å². The number of anilines is 1. The molecule has 1 spiro atoms. The topological polar surface area (TPSA) is 96.3 Å². The Morgan fingerprint density at radius 1 is 1.26 bits per heavy atom. The molecule has 31 heavy (non-hydrogen) atoms. The standard InChI is InChI=1S/C22H26BrN5O3/c1-2-15-7-10-22(11-8-15)20(30)27(21(31)26-22)14-19(29)25-18-9-12-24-28(18)13-16-5-3-4-6-17(16)23/h3-6,9,12,15H,2,7-8,10-11,13-14H2,1H3,(H,25,29)(H,26,31). The smallest absolute Gasteiger partial charge is 0.323 e. The monoisotopic (exact) mass is 487 g/mol. The number of hydrogen-bond donors (Lipinski definition) is 2. The average molecular weight is 488 g/mol. The van der Waals surface area contributed by atoms with Gasteiger partial charge in [-0.25, -0.2) is 9.48 Å². The molecule has 0 unspecified atom stereocenters. The number of hydrogen-bond acceptors (Lipinski definition) is 4. The van der Waals surface area contributed by atoms with Gasteiger partial charge in [-0.15, -0.1) is 0 Å². The lowest BCUT2D eigenvalue weighted by Crippen LogP contribution is -2.49. The van der Waals surface area contributed by atoms with Gasteiger partial charge in [-0.05, 0) is 43.2 Å². The number of carbonyl (C=O) groups is 3. The number of amides is 4. The molecular formula is C22H26BrN5O3. The van der Waals surface area contributed by atoms with Crippen molar-refractivity contribution >= 4 is 39.6 Å². The van der Waals surface area contributed by atoms with Crippen LogP contribution in [-0.2, 0) is 16.1 Å². The molecule has 0 atom stereocenters. The van der Waals surface area contributed by atoms with Gasteiger partial charge in [0.1, 0.15) is 17.9 Å². The van der Waals surface area contributed by atoms with Crippen LogP contribution in [0.5, 0.6) is 0 Å². The van der Waals surface area contributed by atoms with Crippen molar-refractivity contribution in [2.24, 2.45) is 5.92 Å². The molecule has 164 valence electrons. The maximum absolute atomic E-state index is 13.0. The third-order valence-electron chi connectivity index (χ3n) is 6.35. The number of imide groups is 1. The lowest BCUT2D eigenvalue weighted by atomic mass is 9.75. The number of nitrogens with one attached hydrogen (secondary N) is 2. The van der Waals surface area contributed by atoms with E-state index in [2.05, 4.69) is 38.6 Å². The molecule has 2 heterocycles. The SMILES string of the molecule is CCC1CCC2(CC1)NC(=O)N(CC(=O)Nc1ccnn1Cc1ccccc1Br)C2=O. The Hall–Kier alpha value is -2.68. The van der Waals surface area contributed by atoms with Gasteiger partial charge in [0, 0.05) is 10.5 Å². The van der Waals surface area contributed by atoms with E-state index in [0.29, 0.717) is 31.1 Å². The van der Waals surface area contributed by atoms with Gasteiger partial charge in [0.05, 0.1) is 12.7 Å². The first-order chi connectivity index (χ1) is 14.9. The number of aromatic nitrogens is 2. The molecule has 4 rings (SSSR count). The van der Waals surface area contributed by atoms with Gasteiger partial charge >= 0.3 is 6.03 Å². The zero-order chi connectivity index (χ0) is 22.0. The minimum Gasteiger partial charge on any atom is -0.323 e. The Kier molecular flexibility index (Phi) is 6.13. The predicted octanol–water partition coefficient (Wildman–Crippen LogP) is 3.52. The summed E-state index contributed by atoms with van der Waals surface area (Å²) in [5.41, 5.74) is 0.171. The van der Waals surface area contributed by atoms with Gasteiger partial charge in [0.25, 0.3) is 5.91 Å². The van der Waals surface area contributed by atoms with Crippen LogP contribution >= 0.6 is 15.9 Å². The van der Waals surface area contributed by atoms with Crippen LogP contribution < -0.4 is 10.6 Å². The van der Waals surface area contributed by atoms with Crippen LogP contribution in [0.15, 0.2) is 41.0 Å². The van der Waals surface area contributed by atoms with Crippen LogP contribution in [0.4, 0.5) is 10.6 Å². The summed E-state index contributed by atoms with van der Waals surface area (Å²) in [5.74, 6) is 0.379. The van der Waals surface area contributed by atoms with E-state index in [0.717, 1.165) is 34.2 Å². The highest BCUT2D eigenvalue weighted by molar-refractivity contribution is 9.10. The summed E-state index contributed by atoms with van der Waals surface area (Å²) >= 11 is 3.52. The van der Waals surface area contributed by atoms with E-state index in [9.17, 15) is 14.4 Å². The molecule has 1 saturated heterocycles. The molecule has 1 aliphatic heterocycles. The van der Waals surface area contributed by atoms with Crippen molar-refractivity contribution in [2.75, 3.05) is 11.9 Å². The summed E-state index contributed by atoms with van der Waals surface area (Å²) in [6, 6.07) is 8.98. The summed E-state index contributed by atoms with van der Waals surface area (Å²) in [4.78, 5) is 39.2. The molecule has 0 radical (unpaired) electrons. The number of halogens is 1. The molecule has 1 aromatic carbocycles. The highest BCUT2D eigenvalue weighted by atomic mass is 79.9. The van der Waals surface area contributed by atoms with E-state index < -0.39 is 17.5 Å². The summed E-state index contributed by atoms with van der Waals surface area (Å²) < 4.78 is 2.61. The largest absolute Gasteiger partial charge is 0.325 e. The first-order valence-electron chi connectivity index (χ1n) is 10.6. The second kappa shape index (κ2) is 8.82. The molecular weight excluding hydrogens is 462 g/mol. The molecule has 4 amide bonds. The molecule has 2 aliphatic rings. The van der Waals surface area contributed by atoms with Gasteiger partial charge in [0.2, 0.25) is 5.91 Å². The van der Waals surface area contributed by atoms with E-state index in [-0.39, 0.29) is 12.5 Å². The van der Waals surface area contributed by atoms with Gasteiger partial charge in [-0.2, -0.15) is 5.10 Å². The predicted molar refractivity (Wildman–Crippen MR) is 119 cm³/mol. The van der Waals surface area contributed by atoms with Gasteiger partial charge in [-0.3, -0.25) is 14.5 Å². The Balaban J connectivity index is 1.40. The fourth-order valence-corrected chi connectivity index (χ4v) is 4.83.